The molecule has 2 aromatic carbocycles. The number of aryl methyl sites for hydroxylation is 1. The predicted molar refractivity (Wildman–Crippen MR) is 97.6 cm³/mol. The van der Waals surface area contributed by atoms with Crippen LogP contribution in [0.15, 0.2) is 42.5 Å². The van der Waals surface area contributed by atoms with Crippen molar-refractivity contribution in [1.29, 1.82) is 0 Å². The van der Waals surface area contributed by atoms with Gasteiger partial charge in [0.25, 0.3) is 11.8 Å². The molecule has 0 bridgehead atoms. The maximum absolute atomic E-state index is 12.6. The van der Waals surface area contributed by atoms with E-state index in [4.69, 9.17) is 4.74 Å². The first-order chi connectivity index (χ1) is 12.5. The third kappa shape index (κ3) is 3.64. The number of nitrogens with zero attached hydrogens (tertiary/aromatic N) is 2. The van der Waals surface area contributed by atoms with Crippen molar-refractivity contribution in [2.75, 3.05) is 33.3 Å². The van der Waals surface area contributed by atoms with E-state index in [9.17, 15) is 14.7 Å². The summed E-state index contributed by atoms with van der Waals surface area (Å²) in [6.07, 6.45) is 0. The zero-order chi connectivity index (χ0) is 18.7. The van der Waals surface area contributed by atoms with Crippen molar-refractivity contribution >= 4 is 11.8 Å². The highest BCUT2D eigenvalue weighted by Gasteiger charge is 2.26. The maximum Gasteiger partial charge on any atom is 0.257 e. The minimum Gasteiger partial charge on any atom is -0.507 e. The smallest absolute Gasteiger partial charge is 0.257 e. The Kier molecular flexibility index (Phi) is 5.11. The number of ether oxygens (including phenoxy) is 1. The Morgan fingerprint density at radius 3 is 2.08 bits per heavy atom. The molecule has 0 unspecified atom stereocenters. The normalized spacial score (nSPS) is 14.2. The summed E-state index contributed by atoms with van der Waals surface area (Å²) in [7, 11) is 1.58. The average molecular weight is 354 g/mol. The molecule has 2 amide bonds. The number of carbonyl (C=O) groups excluding carboxylic acids is 2. The van der Waals surface area contributed by atoms with Crippen molar-refractivity contribution in [2.24, 2.45) is 0 Å². The molecule has 1 heterocycles. The van der Waals surface area contributed by atoms with E-state index >= 15 is 0 Å². The minimum absolute atomic E-state index is 0.0164. The van der Waals surface area contributed by atoms with Crippen LogP contribution in [0.2, 0.25) is 0 Å². The molecule has 0 atom stereocenters. The fourth-order valence-electron chi connectivity index (χ4n) is 3.02. The number of hydrogen-bond donors (Lipinski definition) is 1. The van der Waals surface area contributed by atoms with Gasteiger partial charge < -0.3 is 19.6 Å². The van der Waals surface area contributed by atoms with E-state index in [1.54, 1.807) is 53.3 Å². The van der Waals surface area contributed by atoms with Gasteiger partial charge in [0, 0.05) is 31.7 Å². The third-order valence-corrected chi connectivity index (χ3v) is 4.57. The van der Waals surface area contributed by atoms with E-state index in [0.29, 0.717) is 43.1 Å². The second-order valence-electron chi connectivity index (χ2n) is 6.33. The van der Waals surface area contributed by atoms with Gasteiger partial charge in [-0.2, -0.15) is 0 Å². The van der Waals surface area contributed by atoms with Crippen LogP contribution < -0.4 is 4.74 Å². The second-order valence-corrected chi connectivity index (χ2v) is 6.33. The molecule has 0 aliphatic carbocycles. The molecule has 1 saturated heterocycles. The molecule has 1 fully saturated rings. The van der Waals surface area contributed by atoms with Crippen molar-refractivity contribution < 1.29 is 19.4 Å². The number of methoxy groups -OCH3 is 1. The fourth-order valence-corrected chi connectivity index (χ4v) is 3.02. The van der Waals surface area contributed by atoms with Gasteiger partial charge >= 0.3 is 0 Å². The van der Waals surface area contributed by atoms with Gasteiger partial charge in [-0.3, -0.25) is 9.59 Å². The van der Waals surface area contributed by atoms with Crippen LogP contribution in [-0.4, -0.2) is 60.0 Å². The highest BCUT2D eigenvalue weighted by molar-refractivity contribution is 5.97. The Morgan fingerprint density at radius 1 is 0.923 bits per heavy atom. The molecule has 1 N–H and O–H groups in total. The van der Waals surface area contributed by atoms with Crippen molar-refractivity contribution in [2.45, 2.75) is 6.92 Å². The van der Waals surface area contributed by atoms with Crippen LogP contribution in [0, 0.1) is 6.92 Å². The van der Waals surface area contributed by atoms with Crippen LogP contribution in [0.4, 0.5) is 0 Å². The number of phenolic OH excluding ortho intramolecular Hbond substituents is 1. The first-order valence-electron chi connectivity index (χ1n) is 8.52. The van der Waals surface area contributed by atoms with E-state index in [1.807, 2.05) is 6.92 Å². The van der Waals surface area contributed by atoms with Gasteiger partial charge in [-0.05, 0) is 43.3 Å². The number of piperazine rings is 1. The molecule has 0 saturated carbocycles. The monoisotopic (exact) mass is 354 g/mol. The lowest BCUT2D eigenvalue weighted by atomic mass is 10.1. The summed E-state index contributed by atoms with van der Waals surface area (Å²) in [5, 5.41) is 9.95. The van der Waals surface area contributed by atoms with Crippen molar-refractivity contribution in [3.05, 3.63) is 59.2 Å². The average Bonchev–Trinajstić information content (AvgIpc) is 2.69. The van der Waals surface area contributed by atoms with Crippen LogP contribution in [0.25, 0.3) is 0 Å². The summed E-state index contributed by atoms with van der Waals surface area (Å²) < 4.78 is 5.11. The third-order valence-electron chi connectivity index (χ3n) is 4.57. The van der Waals surface area contributed by atoms with Crippen molar-refractivity contribution in [1.82, 2.24) is 9.80 Å². The molecule has 0 aromatic heterocycles. The van der Waals surface area contributed by atoms with Gasteiger partial charge in [0.05, 0.1) is 12.7 Å². The number of rotatable bonds is 3. The van der Waals surface area contributed by atoms with Crippen LogP contribution in [0.1, 0.15) is 26.3 Å². The molecular weight excluding hydrogens is 332 g/mol. The highest BCUT2D eigenvalue weighted by atomic mass is 16.5. The summed E-state index contributed by atoms with van der Waals surface area (Å²) in [5.74, 6) is 0.424. The van der Waals surface area contributed by atoms with Gasteiger partial charge in [-0.1, -0.05) is 11.6 Å². The second kappa shape index (κ2) is 7.47. The number of hydrogen-bond acceptors (Lipinski definition) is 4. The molecule has 1 aliphatic rings. The first-order valence-corrected chi connectivity index (χ1v) is 8.52. The molecular formula is C20H22N2O4. The van der Waals surface area contributed by atoms with Gasteiger partial charge in [0.1, 0.15) is 11.5 Å². The molecule has 26 heavy (non-hydrogen) atoms. The maximum atomic E-state index is 12.6. The zero-order valence-electron chi connectivity index (χ0n) is 14.9. The van der Waals surface area contributed by atoms with E-state index < -0.39 is 0 Å². The van der Waals surface area contributed by atoms with Crippen molar-refractivity contribution in [3.63, 3.8) is 0 Å². The Labute approximate surface area is 152 Å². The SMILES string of the molecule is COc1ccc(C(=O)N2CCN(C(=O)c3cc(C)ccc3O)CC2)cc1. The number of benzene rings is 2. The lowest BCUT2D eigenvalue weighted by molar-refractivity contribution is 0.0533. The Hall–Kier alpha value is -3.02. The van der Waals surface area contributed by atoms with E-state index in [1.165, 1.54) is 6.07 Å². The molecule has 0 radical (unpaired) electrons. The summed E-state index contributed by atoms with van der Waals surface area (Å²) in [6, 6.07) is 12.0. The largest absolute Gasteiger partial charge is 0.507 e. The molecule has 136 valence electrons. The Morgan fingerprint density at radius 2 is 1.50 bits per heavy atom. The standard InChI is InChI=1S/C20H22N2O4/c1-14-3-8-18(23)17(13-14)20(25)22-11-9-21(10-12-22)19(24)15-4-6-16(26-2)7-5-15/h3-8,13,23H,9-12H2,1-2H3. The van der Waals surface area contributed by atoms with Gasteiger partial charge in [0.2, 0.25) is 0 Å². The van der Waals surface area contributed by atoms with Gasteiger partial charge in [-0.25, -0.2) is 0 Å². The van der Waals surface area contributed by atoms with Crippen molar-refractivity contribution in [3.8, 4) is 11.5 Å². The number of amides is 2. The number of carbonyl (C=O) groups is 2. The lowest BCUT2D eigenvalue weighted by Gasteiger charge is -2.35. The summed E-state index contributed by atoms with van der Waals surface area (Å²) in [4.78, 5) is 28.6. The summed E-state index contributed by atoms with van der Waals surface area (Å²) in [6.45, 7) is 3.68. The Bertz CT molecular complexity index is 809. The molecule has 3 rings (SSSR count). The topological polar surface area (TPSA) is 70.1 Å². The van der Waals surface area contributed by atoms with E-state index in [-0.39, 0.29) is 17.6 Å². The summed E-state index contributed by atoms with van der Waals surface area (Å²) in [5.41, 5.74) is 1.82. The van der Waals surface area contributed by atoms with Gasteiger partial charge in [0.15, 0.2) is 0 Å². The summed E-state index contributed by atoms with van der Waals surface area (Å²) >= 11 is 0. The molecule has 6 nitrogen and oxygen atoms in total. The van der Waals surface area contributed by atoms with E-state index in [0.717, 1.165) is 5.56 Å². The quantitative estimate of drug-likeness (QED) is 0.918. The van der Waals surface area contributed by atoms with E-state index in [2.05, 4.69) is 0 Å². The highest BCUT2D eigenvalue weighted by Crippen LogP contribution is 2.21. The van der Waals surface area contributed by atoms with Gasteiger partial charge in [-0.15, -0.1) is 0 Å². The Balaban J connectivity index is 1.64. The predicted octanol–water partition coefficient (Wildman–Crippen LogP) is 2.31. The number of phenols is 1. The first kappa shape index (κ1) is 17.8. The van der Waals surface area contributed by atoms with Crippen LogP contribution >= 0.6 is 0 Å². The molecule has 1 aliphatic heterocycles. The molecule has 2 aromatic rings. The molecule has 0 spiro atoms. The number of aromatic hydroxyl groups is 1. The molecule has 6 heteroatoms. The van der Waals surface area contributed by atoms with Crippen LogP contribution in [0.3, 0.4) is 0 Å². The zero-order valence-corrected chi connectivity index (χ0v) is 14.9. The minimum atomic E-state index is -0.206. The fraction of sp³-hybridized carbons (Fsp3) is 0.300. The lowest BCUT2D eigenvalue weighted by Crippen LogP contribution is -2.50. The van der Waals surface area contributed by atoms with Crippen LogP contribution in [-0.2, 0) is 0 Å². The van der Waals surface area contributed by atoms with Crippen LogP contribution in [0.5, 0.6) is 11.5 Å².